The van der Waals surface area contributed by atoms with Crippen molar-refractivity contribution in [3.8, 4) is 0 Å². The Morgan fingerprint density at radius 2 is 1.52 bits per heavy atom. The van der Waals surface area contributed by atoms with Gasteiger partial charge in [-0.1, -0.05) is 96.6 Å². The van der Waals surface area contributed by atoms with Gasteiger partial charge in [-0.3, -0.25) is 9.59 Å². The van der Waals surface area contributed by atoms with Crippen LogP contribution in [0.25, 0.3) is 0 Å². The van der Waals surface area contributed by atoms with Crippen LogP contribution in [0.2, 0.25) is 0 Å². The van der Waals surface area contributed by atoms with Crippen LogP contribution in [0.15, 0.2) is 12.2 Å². The SMILES string of the molecule is CCC/C=C/C(CCCCCCCCCCCC)C1CC(=O)OC1=O. The Bertz CT molecular complexity index is 400. The zero-order chi connectivity index (χ0) is 18.3. The molecule has 0 aliphatic carbocycles. The van der Waals surface area contributed by atoms with Crippen LogP contribution < -0.4 is 0 Å². The van der Waals surface area contributed by atoms with Gasteiger partial charge in [-0.15, -0.1) is 0 Å². The van der Waals surface area contributed by atoms with Crippen LogP contribution in [0.3, 0.4) is 0 Å². The lowest BCUT2D eigenvalue weighted by Gasteiger charge is -2.16. The van der Waals surface area contributed by atoms with Crippen molar-refractivity contribution >= 4 is 11.9 Å². The minimum Gasteiger partial charge on any atom is -0.393 e. The lowest BCUT2D eigenvalue weighted by molar-refractivity contribution is -0.153. The maximum Gasteiger partial charge on any atom is 0.317 e. The smallest absolute Gasteiger partial charge is 0.317 e. The molecule has 1 aliphatic rings. The average Bonchev–Trinajstić information content (AvgIpc) is 2.93. The zero-order valence-corrected chi connectivity index (χ0v) is 16.4. The van der Waals surface area contributed by atoms with Gasteiger partial charge in [0.05, 0.1) is 12.3 Å². The average molecular weight is 351 g/mol. The first-order valence-electron chi connectivity index (χ1n) is 10.6. The van der Waals surface area contributed by atoms with E-state index in [1.165, 1.54) is 57.8 Å². The Labute approximate surface area is 154 Å². The number of hydrogen-bond acceptors (Lipinski definition) is 3. The quantitative estimate of drug-likeness (QED) is 0.149. The van der Waals surface area contributed by atoms with Gasteiger partial charge in [0, 0.05) is 0 Å². The van der Waals surface area contributed by atoms with E-state index >= 15 is 0 Å². The maximum atomic E-state index is 11.9. The van der Waals surface area contributed by atoms with Crippen molar-refractivity contribution in [3.63, 3.8) is 0 Å². The molecule has 0 aromatic rings. The fourth-order valence-corrected chi connectivity index (χ4v) is 3.56. The molecule has 0 bridgehead atoms. The highest BCUT2D eigenvalue weighted by atomic mass is 16.6. The van der Waals surface area contributed by atoms with Crippen molar-refractivity contribution in [3.05, 3.63) is 12.2 Å². The van der Waals surface area contributed by atoms with Gasteiger partial charge in [-0.25, -0.2) is 0 Å². The molecule has 0 aromatic heterocycles. The second-order valence-electron chi connectivity index (χ2n) is 7.46. The third-order valence-corrected chi connectivity index (χ3v) is 5.15. The van der Waals surface area contributed by atoms with Gasteiger partial charge in [-0.05, 0) is 18.8 Å². The monoisotopic (exact) mass is 350 g/mol. The minimum absolute atomic E-state index is 0.166. The fraction of sp³-hybridized carbons (Fsp3) is 0.818. The van der Waals surface area contributed by atoms with Crippen molar-refractivity contribution in [2.75, 3.05) is 0 Å². The summed E-state index contributed by atoms with van der Waals surface area (Å²) in [5.74, 6) is -0.756. The summed E-state index contributed by atoms with van der Waals surface area (Å²) in [7, 11) is 0. The molecule has 1 saturated heterocycles. The van der Waals surface area contributed by atoms with Crippen LogP contribution in [-0.4, -0.2) is 11.9 Å². The molecule has 0 radical (unpaired) electrons. The number of carbonyl (C=O) groups is 2. The van der Waals surface area contributed by atoms with Crippen LogP contribution in [0.4, 0.5) is 0 Å². The van der Waals surface area contributed by atoms with Crippen LogP contribution >= 0.6 is 0 Å². The molecule has 1 fully saturated rings. The maximum absolute atomic E-state index is 11.9. The van der Waals surface area contributed by atoms with Crippen molar-refractivity contribution in [1.29, 1.82) is 0 Å². The van der Waals surface area contributed by atoms with E-state index in [0.717, 1.165) is 25.7 Å². The van der Waals surface area contributed by atoms with Crippen LogP contribution in [0, 0.1) is 11.8 Å². The molecular formula is C22H38O3. The highest BCUT2D eigenvalue weighted by molar-refractivity contribution is 5.94. The van der Waals surface area contributed by atoms with Gasteiger partial charge in [-0.2, -0.15) is 0 Å². The molecule has 1 heterocycles. The third kappa shape index (κ3) is 9.81. The fourth-order valence-electron chi connectivity index (χ4n) is 3.56. The molecule has 0 saturated carbocycles. The number of esters is 2. The Hall–Kier alpha value is -1.12. The van der Waals surface area contributed by atoms with Gasteiger partial charge in [0.15, 0.2) is 0 Å². The second-order valence-corrected chi connectivity index (χ2v) is 7.46. The van der Waals surface area contributed by atoms with Crippen LogP contribution in [-0.2, 0) is 14.3 Å². The Morgan fingerprint density at radius 1 is 0.920 bits per heavy atom. The summed E-state index contributed by atoms with van der Waals surface area (Å²) in [5, 5.41) is 0. The molecule has 3 nitrogen and oxygen atoms in total. The number of unbranched alkanes of at least 4 members (excludes halogenated alkanes) is 10. The van der Waals surface area contributed by atoms with E-state index in [0.29, 0.717) is 0 Å². The summed E-state index contributed by atoms with van der Waals surface area (Å²) in [6, 6.07) is 0. The van der Waals surface area contributed by atoms with E-state index in [4.69, 9.17) is 4.74 Å². The molecule has 0 N–H and O–H groups in total. The standard InChI is InChI=1S/C22H38O3/c1-3-5-7-8-9-10-11-12-13-15-17-19(16-14-6-4-2)20-18-21(23)25-22(20)24/h14,16,19-20H,3-13,15,17-18H2,1-2H3/b16-14+. The summed E-state index contributed by atoms with van der Waals surface area (Å²) >= 11 is 0. The molecule has 0 aromatic carbocycles. The Morgan fingerprint density at radius 3 is 2.04 bits per heavy atom. The van der Waals surface area contributed by atoms with Gasteiger partial charge in [0.2, 0.25) is 0 Å². The number of cyclic esters (lactones) is 2. The molecule has 0 spiro atoms. The number of rotatable bonds is 15. The number of ether oxygens (including phenoxy) is 1. The normalized spacial score (nSPS) is 18.9. The largest absolute Gasteiger partial charge is 0.393 e. The molecule has 0 amide bonds. The summed E-state index contributed by atoms with van der Waals surface area (Å²) in [5.41, 5.74) is 0. The Kier molecular flexibility index (Phi) is 12.4. The van der Waals surface area contributed by atoms with Crippen molar-refractivity contribution in [1.82, 2.24) is 0 Å². The predicted molar refractivity (Wildman–Crippen MR) is 103 cm³/mol. The van der Waals surface area contributed by atoms with E-state index in [1.54, 1.807) is 0 Å². The highest BCUT2D eigenvalue weighted by Crippen LogP contribution is 2.30. The number of hydrogen-bond donors (Lipinski definition) is 0. The van der Waals surface area contributed by atoms with E-state index in [-0.39, 0.29) is 30.2 Å². The Balaban J connectivity index is 2.20. The van der Waals surface area contributed by atoms with E-state index in [1.807, 2.05) is 0 Å². The van der Waals surface area contributed by atoms with Gasteiger partial charge < -0.3 is 4.74 Å². The highest BCUT2D eigenvalue weighted by Gasteiger charge is 2.37. The molecule has 2 atom stereocenters. The first-order valence-corrected chi connectivity index (χ1v) is 10.6. The lowest BCUT2D eigenvalue weighted by Crippen LogP contribution is -2.18. The van der Waals surface area contributed by atoms with Gasteiger partial charge >= 0.3 is 11.9 Å². The van der Waals surface area contributed by atoms with E-state index < -0.39 is 0 Å². The van der Waals surface area contributed by atoms with E-state index in [9.17, 15) is 9.59 Å². The first kappa shape index (κ1) is 21.9. The number of carbonyl (C=O) groups excluding carboxylic acids is 2. The number of allylic oxidation sites excluding steroid dienone is 2. The van der Waals surface area contributed by atoms with Gasteiger partial charge in [0.1, 0.15) is 0 Å². The van der Waals surface area contributed by atoms with Crippen molar-refractivity contribution < 1.29 is 14.3 Å². The minimum atomic E-state index is -0.355. The molecule has 1 aliphatic heterocycles. The van der Waals surface area contributed by atoms with Crippen molar-refractivity contribution in [2.24, 2.45) is 11.8 Å². The topological polar surface area (TPSA) is 43.4 Å². The summed E-state index contributed by atoms with van der Waals surface area (Å²) in [4.78, 5) is 23.2. The molecular weight excluding hydrogens is 312 g/mol. The summed E-state index contributed by atoms with van der Waals surface area (Å²) < 4.78 is 4.75. The first-order chi connectivity index (χ1) is 12.2. The summed E-state index contributed by atoms with van der Waals surface area (Å²) in [6.45, 7) is 4.40. The molecule has 144 valence electrons. The molecule has 3 heteroatoms. The summed E-state index contributed by atoms with van der Waals surface area (Å²) in [6.07, 6.45) is 20.9. The molecule has 2 unspecified atom stereocenters. The van der Waals surface area contributed by atoms with E-state index in [2.05, 4.69) is 26.0 Å². The molecule has 1 rings (SSSR count). The molecule has 25 heavy (non-hydrogen) atoms. The predicted octanol–water partition coefficient (Wildman–Crippen LogP) is 6.36. The zero-order valence-electron chi connectivity index (χ0n) is 16.4. The lowest BCUT2D eigenvalue weighted by atomic mass is 9.86. The van der Waals surface area contributed by atoms with Crippen LogP contribution in [0.1, 0.15) is 104 Å². The van der Waals surface area contributed by atoms with Crippen LogP contribution in [0.5, 0.6) is 0 Å². The van der Waals surface area contributed by atoms with Crippen molar-refractivity contribution in [2.45, 2.75) is 104 Å². The second kappa shape index (κ2) is 14.1. The van der Waals surface area contributed by atoms with Gasteiger partial charge in [0.25, 0.3) is 0 Å². The third-order valence-electron chi connectivity index (χ3n) is 5.15.